The zero-order chi connectivity index (χ0) is 32.6. The van der Waals surface area contributed by atoms with Crippen LogP contribution in [0.4, 0.5) is 0 Å². The Bertz CT molecular complexity index is 1860. The van der Waals surface area contributed by atoms with Crippen LogP contribution < -0.4 is 11.1 Å². The summed E-state index contributed by atoms with van der Waals surface area (Å²) < 4.78 is 54.4. The van der Waals surface area contributed by atoms with Gasteiger partial charge in [-0.15, -0.1) is 0 Å². The third-order valence-electron chi connectivity index (χ3n) is 7.94. The molecule has 45 heavy (non-hydrogen) atoms. The highest BCUT2D eigenvalue weighted by Gasteiger charge is 2.35. The Morgan fingerprint density at radius 2 is 1.38 bits per heavy atom. The van der Waals surface area contributed by atoms with Crippen LogP contribution in [-0.2, 0) is 31.2 Å². The van der Waals surface area contributed by atoms with Crippen LogP contribution in [0.3, 0.4) is 0 Å². The van der Waals surface area contributed by atoms with Crippen LogP contribution in [0.1, 0.15) is 51.2 Å². The molecular formula is C34H43N5O4S2. The number of hydrogen-bond acceptors (Lipinski definition) is 9. The fourth-order valence-corrected chi connectivity index (χ4v) is 9.80. The molecule has 0 saturated carbocycles. The van der Waals surface area contributed by atoms with Crippen molar-refractivity contribution in [3.05, 3.63) is 84.2 Å². The minimum Gasteiger partial charge on any atom is -0.327 e. The van der Waals surface area contributed by atoms with E-state index in [1.165, 1.54) is 0 Å². The number of nitrogens with two attached hydrogens (primary N) is 1. The van der Waals surface area contributed by atoms with Gasteiger partial charge in [0.05, 0.1) is 46.2 Å². The van der Waals surface area contributed by atoms with Crippen molar-refractivity contribution in [1.29, 1.82) is 5.26 Å². The lowest BCUT2D eigenvalue weighted by molar-refractivity contribution is 0.356. The quantitative estimate of drug-likeness (QED) is 0.160. The molecule has 0 saturated heterocycles. The predicted octanol–water partition coefficient (Wildman–Crippen LogP) is 4.95. The molecule has 3 N–H and O–H groups in total. The number of benzene rings is 2. The minimum atomic E-state index is -3.72. The summed E-state index contributed by atoms with van der Waals surface area (Å²) in [6.07, 6.45) is 4.37. The lowest BCUT2D eigenvalue weighted by Crippen LogP contribution is -2.47. The maximum Gasteiger partial charge on any atom is 0.158 e. The first kappa shape index (κ1) is 34.4. The molecule has 4 rings (SSSR count). The van der Waals surface area contributed by atoms with Crippen molar-refractivity contribution in [2.75, 3.05) is 12.3 Å². The van der Waals surface area contributed by atoms with Crippen LogP contribution in [0.15, 0.2) is 73.1 Å². The Kier molecular flexibility index (Phi) is 11.7. The molecule has 11 heteroatoms. The van der Waals surface area contributed by atoms with Crippen molar-refractivity contribution in [1.82, 2.24) is 15.3 Å². The molecular weight excluding hydrogens is 607 g/mol. The monoisotopic (exact) mass is 649 g/mol. The Morgan fingerprint density at radius 1 is 0.822 bits per heavy atom. The van der Waals surface area contributed by atoms with Crippen molar-refractivity contribution in [3.63, 3.8) is 0 Å². The second kappa shape index (κ2) is 15.2. The molecule has 3 unspecified atom stereocenters. The fraction of sp³-hybridized carbons (Fsp3) is 0.441. The maximum atomic E-state index is 14.1. The summed E-state index contributed by atoms with van der Waals surface area (Å²) in [5.41, 5.74) is 9.18. The highest BCUT2D eigenvalue weighted by Crippen LogP contribution is 2.27. The molecule has 0 fully saturated rings. The van der Waals surface area contributed by atoms with Crippen molar-refractivity contribution in [3.8, 4) is 6.07 Å². The first-order chi connectivity index (χ1) is 21.3. The van der Waals surface area contributed by atoms with Gasteiger partial charge in [-0.1, -0.05) is 57.2 Å². The zero-order valence-electron chi connectivity index (χ0n) is 26.1. The summed E-state index contributed by atoms with van der Waals surface area (Å²) >= 11 is 0. The number of sulfone groups is 2. The van der Waals surface area contributed by atoms with E-state index in [9.17, 15) is 22.1 Å². The summed E-state index contributed by atoms with van der Waals surface area (Å²) in [6, 6.07) is 19.7. The third kappa shape index (κ3) is 10.0. The molecule has 2 heterocycles. The van der Waals surface area contributed by atoms with Crippen LogP contribution in [0.2, 0.25) is 0 Å². The molecule has 0 spiro atoms. The van der Waals surface area contributed by atoms with Crippen LogP contribution in [0.5, 0.6) is 0 Å². The van der Waals surface area contributed by atoms with E-state index in [0.29, 0.717) is 24.0 Å². The largest absolute Gasteiger partial charge is 0.327 e. The topological polar surface area (TPSA) is 156 Å². The summed E-state index contributed by atoms with van der Waals surface area (Å²) in [6.45, 7) is 5.98. The number of fused-ring (bicyclic) bond motifs is 2. The fourth-order valence-electron chi connectivity index (χ4n) is 6.06. The highest BCUT2D eigenvalue weighted by atomic mass is 32.2. The van der Waals surface area contributed by atoms with Gasteiger partial charge in [-0.25, -0.2) is 16.8 Å². The number of aromatic nitrogens is 2. The van der Waals surface area contributed by atoms with Gasteiger partial charge in [0, 0.05) is 35.2 Å². The summed E-state index contributed by atoms with van der Waals surface area (Å²) in [4.78, 5) is 8.82. The summed E-state index contributed by atoms with van der Waals surface area (Å²) in [7, 11) is -7.27. The molecule has 0 aliphatic rings. The van der Waals surface area contributed by atoms with Gasteiger partial charge < -0.3 is 11.1 Å². The highest BCUT2D eigenvalue weighted by molar-refractivity contribution is 7.91. The van der Waals surface area contributed by atoms with E-state index in [-0.39, 0.29) is 42.1 Å². The number of pyridine rings is 2. The smallest absolute Gasteiger partial charge is 0.158 e. The van der Waals surface area contributed by atoms with E-state index in [2.05, 4.69) is 21.4 Å². The van der Waals surface area contributed by atoms with Crippen LogP contribution in [0.25, 0.3) is 21.8 Å². The molecule has 0 amide bonds. The van der Waals surface area contributed by atoms with Gasteiger partial charge in [0.2, 0.25) is 0 Å². The molecule has 240 valence electrons. The average molecular weight is 650 g/mol. The Morgan fingerprint density at radius 3 is 1.93 bits per heavy atom. The molecule has 0 bridgehead atoms. The van der Waals surface area contributed by atoms with E-state index >= 15 is 0 Å². The van der Waals surface area contributed by atoms with Gasteiger partial charge in [0.15, 0.2) is 19.7 Å². The second-order valence-corrected chi connectivity index (χ2v) is 16.9. The van der Waals surface area contributed by atoms with Gasteiger partial charge >= 0.3 is 0 Å². The van der Waals surface area contributed by atoms with Crippen molar-refractivity contribution in [2.24, 2.45) is 17.6 Å². The minimum absolute atomic E-state index is 0.0245. The summed E-state index contributed by atoms with van der Waals surface area (Å²) in [5.74, 6) is -0.574. The van der Waals surface area contributed by atoms with Crippen LogP contribution >= 0.6 is 0 Å². The van der Waals surface area contributed by atoms with E-state index in [1.54, 1.807) is 12.4 Å². The van der Waals surface area contributed by atoms with Crippen molar-refractivity contribution in [2.45, 2.75) is 68.9 Å². The summed E-state index contributed by atoms with van der Waals surface area (Å²) in [5, 5.41) is 13.4. The first-order valence-electron chi connectivity index (χ1n) is 15.3. The van der Waals surface area contributed by atoms with E-state index in [0.717, 1.165) is 21.8 Å². The second-order valence-electron chi connectivity index (χ2n) is 12.6. The predicted molar refractivity (Wildman–Crippen MR) is 181 cm³/mol. The number of rotatable bonds is 16. The Hall–Kier alpha value is -3.43. The lowest BCUT2D eigenvalue weighted by Gasteiger charge is -2.31. The number of nitriles is 1. The molecule has 9 nitrogen and oxygen atoms in total. The first-order valence-corrected chi connectivity index (χ1v) is 18.8. The average Bonchev–Trinajstić information content (AvgIpc) is 2.97. The van der Waals surface area contributed by atoms with E-state index in [4.69, 9.17) is 5.73 Å². The molecule has 4 atom stereocenters. The molecule has 4 aromatic rings. The van der Waals surface area contributed by atoms with Gasteiger partial charge in [-0.3, -0.25) is 9.97 Å². The molecule has 2 aromatic heterocycles. The molecule has 0 radical (unpaired) electrons. The number of nitrogens with one attached hydrogen (secondary N) is 1. The van der Waals surface area contributed by atoms with Gasteiger partial charge in [0.1, 0.15) is 0 Å². The number of para-hydroxylation sites is 2. The maximum absolute atomic E-state index is 14.1. The van der Waals surface area contributed by atoms with Gasteiger partial charge in [0.25, 0.3) is 0 Å². The zero-order valence-corrected chi connectivity index (χ0v) is 27.8. The third-order valence-corrected chi connectivity index (χ3v) is 11.8. The van der Waals surface area contributed by atoms with E-state index in [1.807, 2.05) is 81.4 Å². The van der Waals surface area contributed by atoms with Crippen molar-refractivity contribution >= 4 is 41.5 Å². The SMILES string of the molecule is CC(C)C[C@H](NCC#N)C(CC(C)CC(N)CS(=O)(=O)Cc1cnc2ccccc2c1)S(=O)(=O)Cc1cnc2ccccc2c1. The molecule has 0 aliphatic carbocycles. The number of nitrogens with zero attached hydrogens (tertiary/aromatic N) is 3. The standard InChI is InChI=1S/C34H43N5O4S2/c1-24(2)14-33(37-13-12-35)34(45(42,43)22-27-18-29-9-5-7-11-32(29)39-20-27)16-25(3)15-30(36)23-44(40,41)21-26-17-28-8-4-6-10-31(28)38-19-26/h4-11,17-20,24-25,30,33-34,37H,13-16,21-23,36H2,1-3H3/t25?,30?,33-,34?/m0/s1. The van der Waals surface area contributed by atoms with Crippen molar-refractivity contribution < 1.29 is 16.8 Å². The van der Waals surface area contributed by atoms with Gasteiger partial charge in [-0.2, -0.15) is 5.26 Å². The van der Waals surface area contributed by atoms with Gasteiger partial charge in [-0.05, 0) is 66.5 Å². The molecule has 2 aromatic carbocycles. The lowest BCUT2D eigenvalue weighted by atomic mass is 9.92. The van der Waals surface area contributed by atoms with Crippen LogP contribution in [-0.4, -0.2) is 56.4 Å². The Balaban J connectivity index is 1.48. The molecule has 0 aliphatic heterocycles. The normalized spacial score (nSPS) is 15.1. The Labute approximate surface area is 267 Å². The van der Waals surface area contributed by atoms with Crippen LogP contribution in [0, 0.1) is 23.2 Å². The number of hydrogen-bond donors (Lipinski definition) is 2. The van der Waals surface area contributed by atoms with E-state index < -0.39 is 37.0 Å².